The van der Waals surface area contributed by atoms with E-state index in [2.05, 4.69) is 10.6 Å². The fourth-order valence-electron chi connectivity index (χ4n) is 5.73. The van der Waals surface area contributed by atoms with Crippen molar-refractivity contribution in [3.05, 3.63) is 59.7 Å². The number of amides is 4. The minimum absolute atomic E-state index is 0.00841. The lowest BCUT2D eigenvalue weighted by molar-refractivity contribution is -0.135. The number of rotatable bonds is 8. The molecule has 1 atom stereocenters. The maximum atomic E-state index is 12.9. The summed E-state index contributed by atoms with van der Waals surface area (Å²) in [6, 6.07) is 14.6. The highest BCUT2D eigenvalue weighted by Crippen LogP contribution is 2.32. The number of hydrogen-bond acceptors (Lipinski definition) is 4. The van der Waals surface area contributed by atoms with Gasteiger partial charge in [-0.15, -0.1) is 0 Å². The van der Waals surface area contributed by atoms with E-state index >= 15 is 0 Å². The summed E-state index contributed by atoms with van der Waals surface area (Å²) in [6.07, 6.45) is 8.15. The van der Waals surface area contributed by atoms with Crippen molar-refractivity contribution in [2.24, 2.45) is 11.8 Å². The molecule has 8 nitrogen and oxygen atoms in total. The van der Waals surface area contributed by atoms with Crippen LogP contribution in [0.4, 0.5) is 11.4 Å². The van der Waals surface area contributed by atoms with E-state index in [0.717, 1.165) is 50.6 Å². The minimum atomic E-state index is -0.221. The molecule has 1 heterocycles. The molecular formula is C31H38N4O4. The third kappa shape index (κ3) is 6.85. The highest BCUT2D eigenvalue weighted by molar-refractivity contribution is 5.97. The number of carbonyl (C=O) groups excluding carboxylic acids is 4. The summed E-state index contributed by atoms with van der Waals surface area (Å²) >= 11 is 0. The van der Waals surface area contributed by atoms with Crippen molar-refractivity contribution in [2.75, 3.05) is 30.8 Å². The number of anilines is 2. The van der Waals surface area contributed by atoms with Gasteiger partial charge >= 0.3 is 0 Å². The Morgan fingerprint density at radius 3 is 2.31 bits per heavy atom. The molecule has 0 aromatic heterocycles. The van der Waals surface area contributed by atoms with Crippen LogP contribution in [-0.2, 0) is 20.8 Å². The summed E-state index contributed by atoms with van der Waals surface area (Å²) in [5, 5.41) is 5.87. The second kappa shape index (κ2) is 12.0. The first-order chi connectivity index (χ1) is 18.9. The Balaban J connectivity index is 1.12. The molecule has 3 aliphatic rings. The molecule has 39 heavy (non-hydrogen) atoms. The Bertz CT molecular complexity index is 1220. The van der Waals surface area contributed by atoms with Crippen LogP contribution in [0.5, 0.6) is 0 Å². The average molecular weight is 531 g/mol. The number of nitrogens with zero attached hydrogens (tertiary/aromatic N) is 2. The summed E-state index contributed by atoms with van der Waals surface area (Å²) in [7, 11) is 1.87. The van der Waals surface area contributed by atoms with Crippen molar-refractivity contribution in [3.8, 4) is 0 Å². The quantitative estimate of drug-likeness (QED) is 0.526. The average Bonchev–Trinajstić information content (AvgIpc) is 3.65. The lowest BCUT2D eigenvalue weighted by atomic mass is 9.96. The Labute approximate surface area is 230 Å². The van der Waals surface area contributed by atoms with E-state index in [1.165, 1.54) is 12.8 Å². The molecule has 1 aliphatic heterocycles. The van der Waals surface area contributed by atoms with Gasteiger partial charge in [-0.05, 0) is 80.5 Å². The van der Waals surface area contributed by atoms with Gasteiger partial charge in [0, 0.05) is 49.0 Å². The molecule has 2 saturated carbocycles. The van der Waals surface area contributed by atoms with E-state index in [-0.39, 0.29) is 41.9 Å². The van der Waals surface area contributed by atoms with Crippen molar-refractivity contribution < 1.29 is 19.2 Å². The monoisotopic (exact) mass is 530 g/mol. The first-order valence-electron chi connectivity index (χ1n) is 14.2. The van der Waals surface area contributed by atoms with Crippen molar-refractivity contribution in [3.63, 3.8) is 0 Å². The smallest absolute Gasteiger partial charge is 0.253 e. The number of benzene rings is 2. The van der Waals surface area contributed by atoms with Crippen molar-refractivity contribution >= 4 is 35.0 Å². The van der Waals surface area contributed by atoms with E-state index < -0.39 is 0 Å². The molecule has 206 valence electrons. The third-order valence-corrected chi connectivity index (χ3v) is 8.20. The normalized spacial score (nSPS) is 19.4. The molecule has 3 fully saturated rings. The lowest BCUT2D eigenvalue weighted by Gasteiger charge is -2.32. The topological polar surface area (TPSA) is 98.8 Å². The van der Waals surface area contributed by atoms with Gasteiger partial charge in [-0.2, -0.15) is 0 Å². The number of carbonyl (C=O) groups is 4. The zero-order valence-electron chi connectivity index (χ0n) is 22.7. The second-order valence-electron chi connectivity index (χ2n) is 11.2. The van der Waals surface area contributed by atoms with Crippen molar-refractivity contribution in [2.45, 2.75) is 63.8 Å². The van der Waals surface area contributed by atoms with Gasteiger partial charge in [0.05, 0.1) is 12.3 Å². The number of piperidine rings is 1. The summed E-state index contributed by atoms with van der Waals surface area (Å²) in [5.41, 5.74) is 2.67. The van der Waals surface area contributed by atoms with Crippen LogP contribution in [0.25, 0.3) is 0 Å². The predicted molar refractivity (Wildman–Crippen MR) is 150 cm³/mol. The molecule has 4 amide bonds. The molecule has 2 aliphatic carbocycles. The van der Waals surface area contributed by atoms with E-state index in [1.54, 1.807) is 24.3 Å². The second-order valence-corrected chi connectivity index (χ2v) is 11.2. The van der Waals surface area contributed by atoms with Gasteiger partial charge in [0.1, 0.15) is 0 Å². The van der Waals surface area contributed by atoms with E-state index in [4.69, 9.17) is 0 Å². The van der Waals surface area contributed by atoms with Crippen LogP contribution in [0.3, 0.4) is 0 Å². The molecule has 0 spiro atoms. The van der Waals surface area contributed by atoms with Crippen LogP contribution in [0.15, 0.2) is 48.5 Å². The maximum Gasteiger partial charge on any atom is 0.253 e. The molecule has 1 saturated heterocycles. The third-order valence-electron chi connectivity index (χ3n) is 8.20. The van der Waals surface area contributed by atoms with Crippen molar-refractivity contribution in [1.82, 2.24) is 9.80 Å². The van der Waals surface area contributed by atoms with Crippen LogP contribution in [0.2, 0.25) is 0 Å². The van der Waals surface area contributed by atoms with Crippen LogP contribution >= 0.6 is 0 Å². The first-order valence-corrected chi connectivity index (χ1v) is 14.2. The Kier molecular flexibility index (Phi) is 8.29. The van der Waals surface area contributed by atoms with E-state index in [1.807, 2.05) is 41.1 Å². The van der Waals surface area contributed by atoms with Crippen LogP contribution < -0.4 is 10.6 Å². The zero-order chi connectivity index (χ0) is 27.4. The van der Waals surface area contributed by atoms with E-state index in [0.29, 0.717) is 29.5 Å². The van der Waals surface area contributed by atoms with Crippen LogP contribution in [0, 0.1) is 11.8 Å². The van der Waals surface area contributed by atoms with Gasteiger partial charge in [0.25, 0.3) is 5.91 Å². The number of nitrogens with one attached hydrogen (secondary N) is 2. The van der Waals surface area contributed by atoms with Gasteiger partial charge in [-0.3, -0.25) is 19.2 Å². The fourth-order valence-corrected chi connectivity index (χ4v) is 5.73. The summed E-state index contributed by atoms with van der Waals surface area (Å²) in [4.78, 5) is 54.5. The van der Waals surface area contributed by atoms with Gasteiger partial charge < -0.3 is 20.4 Å². The SMILES string of the molecule is CN(C(=O)c1ccc(NC(=O)Cc2cccc(NC(=O)C3CCCN(C(=O)C4CC4)C3)c2)cc1)C1CCCC1. The van der Waals surface area contributed by atoms with Gasteiger partial charge in [0.2, 0.25) is 17.7 Å². The molecule has 5 rings (SSSR count). The first kappa shape index (κ1) is 26.9. The van der Waals surface area contributed by atoms with Crippen LogP contribution in [-0.4, -0.2) is 59.6 Å². The highest BCUT2D eigenvalue weighted by atomic mass is 16.2. The molecule has 2 aromatic rings. The molecular weight excluding hydrogens is 492 g/mol. The summed E-state index contributed by atoms with van der Waals surface area (Å²) < 4.78 is 0. The number of likely N-dealkylation sites (tertiary alicyclic amines) is 1. The molecule has 8 heteroatoms. The molecule has 1 unspecified atom stereocenters. The van der Waals surface area contributed by atoms with Crippen LogP contribution in [0.1, 0.15) is 67.3 Å². The lowest BCUT2D eigenvalue weighted by Crippen LogP contribution is -2.44. The molecule has 2 aromatic carbocycles. The van der Waals surface area contributed by atoms with Crippen molar-refractivity contribution in [1.29, 1.82) is 0 Å². The number of hydrogen-bond donors (Lipinski definition) is 2. The summed E-state index contributed by atoms with van der Waals surface area (Å²) in [6.45, 7) is 1.21. The zero-order valence-corrected chi connectivity index (χ0v) is 22.7. The summed E-state index contributed by atoms with van der Waals surface area (Å²) in [5.74, 6) is -0.118. The molecule has 2 N–H and O–H groups in total. The maximum absolute atomic E-state index is 12.9. The van der Waals surface area contributed by atoms with Gasteiger partial charge in [-0.1, -0.05) is 25.0 Å². The van der Waals surface area contributed by atoms with E-state index in [9.17, 15) is 19.2 Å². The van der Waals surface area contributed by atoms with Gasteiger partial charge in [0.15, 0.2) is 0 Å². The predicted octanol–water partition coefficient (Wildman–Crippen LogP) is 4.47. The Morgan fingerprint density at radius 2 is 1.59 bits per heavy atom. The fraction of sp³-hybridized carbons (Fsp3) is 0.484. The highest BCUT2D eigenvalue weighted by Gasteiger charge is 2.36. The Morgan fingerprint density at radius 1 is 0.846 bits per heavy atom. The standard InChI is InChI=1S/C31H38N4O4/c1-34(27-9-2-3-10-27)30(38)22-13-15-25(16-14-22)32-28(36)19-21-6-4-8-26(18-21)33-29(37)24-7-5-17-35(20-24)31(39)23-11-12-23/h4,6,8,13-16,18,23-24,27H,2-3,5,7,9-12,17,19-20H2,1H3,(H,32,36)(H,33,37). The minimum Gasteiger partial charge on any atom is -0.342 e. The molecule has 0 radical (unpaired) electrons. The van der Waals surface area contributed by atoms with Gasteiger partial charge in [-0.25, -0.2) is 0 Å². The Hall–Kier alpha value is -3.68. The largest absolute Gasteiger partial charge is 0.342 e. The molecule has 0 bridgehead atoms.